The molecule has 0 aromatic heterocycles. The number of nitrogens with zero attached hydrogens (tertiary/aromatic N) is 3. The van der Waals surface area contributed by atoms with Gasteiger partial charge in [0.15, 0.2) is 0 Å². The smallest absolute Gasteiger partial charge is 0.338 e. The topological polar surface area (TPSA) is 79.4 Å². The van der Waals surface area contributed by atoms with E-state index in [0.717, 1.165) is 44.5 Å². The van der Waals surface area contributed by atoms with Gasteiger partial charge in [-0.05, 0) is 50.3 Å². The van der Waals surface area contributed by atoms with Gasteiger partial charge in [0.25, 0.3) is 0 Å². The number of benzene rings is 1. The van der Waals surface area contributed by atoms with Crippen LogP contribution in [0.2, 0.25) is 0 Å². The number of ether oxygens (including phenoxy) is 2. The zero-order chi connectivity index (χ0) is 22.4. The third kappa shape index (κ3) is 3.66. The number of likely N-dealkylation sites (tertiary alicyclic amines) is 1. The van der Waals surface area contributed by atoms with Gasteiger partial charge in [0.1, 0.15) is 13.2 Å². The van der Waals surface area contributed by atoms with Gasteiger partial charge in [-0.3, -0.25) is 4.90 Å². The predicted molar refractivity (Wildman–Crippen MR) is 116 cm³/mol. The number of carbonyl (C=O) groups excluding carboxylic acids is 3. The summed E-state index contributed by atoms with van der Waals surface area (Å²) >= 11 is 0. The zero-order valence-corrected chi connectivity index (χ0v) is 18.6. The van der Waals surface area contributed by atoms with Gasteiger partial charge < -0.3 is 19.3 Å². The van der Waals surface area contributed by atoms with Crippen molar-refractivity contribution in [1.82, 2.24) is 14.7 Å². The largest absolute Gasteiger partial charge is 0.457 e. The van der Waals surface area contributed by atoms with Crippen LogP contribution in [0.4, 0.5) is 4.79 Å². The van der Waals surface area contributed by atoms with Crippen LogP contribution in [0.25, 0.3) is 0 Å². The van der Waals surface area contributed by atoms with E-state index in [4.69, 9.17) is 9.47 Å². The maximum atomic E-state index is 13.1. The van der Waals surface area contributed by atoms with E-state index in [9.17, 15) is 14.4 Å². The Morgan fingerprint density at radius 2 is 1.84 bits per heavy atom. The summed E-state index contributed by atoms with van der Waals surface area (Å²) in [7, 11) is 0. The molecule has 1 unspecified atom stereocenters. The molecule has 8 heteroatoms. The van der Waals surface area contributed by atoms with Crippen LogP contribution < -0.4 is 0 Å². The Hall–Kier alpha value is -2.87. The molecular weight excluding hydrogens is 410 g/mol. The first-order chi connectivity index (χ1) is 15.4. The fourth-order valence-corrected chi connectivity index (χ4v) is 5.39. The maximum absolute atomic E-state index is 13.1. The molecular formula is C24H29N3O5. The van der Waals surface area contributed by atoms with Crippen molar-refractivity contribution in [2.45, 2.75) is 51.8 Å². The summed E-state index contributed by atoms with van der Waals surface area (Å²) in [5.41, 5.74) is 4.84. The molecule has 8 nitrogen and oxygen atoms in total. The zero-order valence-electron chi connectivity index (χ0n) is 18.6. The number of esters is 2. The highest BCUT2D eigenvalue weighted by Crippen LogP contribution is 2.29. The van der Waals surface area contributed by atoms with E-state index in [0.29, 0.717) is 24.4 Å². The van der Waals surface area contributed by atoms with Crippen molar-refractivity contribution >= 4 is 18.0 Å². The standard InChI is InChI=1S/C24H29N3O5/c1-15-12-26(24(30)27(15)19-11-22(28)31-13-19)18-6-9-25(10-7-18)8-5-17-3-4-20-21(16(17)2)14-32-23(20)29/h3-4,11,15,18H,5-10,12-14H2,1-2H3. The van der Waals surface area contributed by atoms with E-state index >= 15 is 0 Å². The number of amides is 2. The number of hydrogen-bond donors (Lipinski definition) is 0. The van der Waals surface area contributed by atoms with Crippen molar-refractivity contribution in [3.8, 4) is 0 Å². The fourth-order valence-electron chi connectivity index (χ4n) is 5.39. The van der Waals surface area contributed by atoms with Crippen LogP contribution in [0.5, 0.6) is 0 Å². The van der Waals surface area contributed by atoms with Gasteiger partial charge in [0.05, 0.1) is 17.3 Å². The third-order valence-corrected chi connectivity index (χ3v) is 7.28. The highest BCUT2D eigenvalue weighted by atomic mass is 16.5. The molecule has 2 fully saturated rings. The molecule has 32 heavy (non-hydrogen) atoms. The molecule has 1 aromatic carbocycles. The van der Waals surface area contributed by atoms with Crippen molar-refractivity contribution in [2.75, 3.05) is 32.8 Å². The molecule has 4 aliphatic rings. The number of fused-ring (bicyclic) bond motifs is 1. The molecule has 0 N–H and O–H groups in total. The SMILES string of the molecule is Cc1c(CCN2CCC(N3CC(C)N(C4=CC(=O)OC4)C3=O)CC2)ccc2c1COC2=O. The number of cyclic esters (lactones) is 2. The molecule has 2 amide bonds. The first-order valence-electron chi connectivity index (χ1n) is 11.4. The third-order valence-electron chi connectivity index (χ3n) is 7.28. The van der Waals surface area contributed by atoms with Gasteiger partial charge >= 0.3 is 18.0 Å². The quantitative estimate of drug-likeness (QED) is 0.655. The number of urea groups is 1. The van der Waals surface area contributed by atoms with Crippen LogP contribution in [0.3, 0.4) is 0 Å². The van der Waals surface area contributed by atoms with Gasteiger partial charge in [-0.25, -0.2) is 14.4 Å². The maximum Gasteiger partial charge on any atom is 0.338 e. The van der Waals surface area contributed by atoms with Crippen molar-refractivity contribution < 1.29 is 23.9 Å². The average molecular weight is 440 g/mol. The molecule has 170 valence electrons. The lowest BCUT2D eigenvalue weighted by atomic mass is 9.96. The second-order valence-corrected chi connectivity index (χ2v) is 9.17. The minimum atomic E-state index is -0.371. The summed E-state index contributed by atoms with van der Waals surface area (Å²) in [6, 6.07) is 4.21. The minimum Gasteiger partial charge on any atom is -0.457 e. The molecule has 4 aliphatic heterocycles. The van der Waals surface area contributed by atoms with Gasteiger partial charge in [0.2, 0.25) is 0 Å². The second kappa shape index (κ2) is 8.24. The first kappa shape index (κ1) is 21.0. The van der Waals surface area contributed by atoms with E-state index in [1.807, 2.05) is 17.9 Å². The molecule has 0 bridgehead atoms. The van der Waals surface area contributed by atoms with Crippen molar-refractivity contribution in [3.05, 3.63) is 46.2 Å². The minimum absolute atomic E-state index is 0.00830. The molecule has 0 spiro atoms. The summed E-state index contributed by atoms with van der Waals surface area (Å²) in [5.74, 6) is -0.589. The first-order valence-corrected chi connectivity index (χ1v) is 11.4. The Morgan fingerprint density at radius 3 is 2.56 bits per heavy atom. The molecule has 0 radical (unpaired) electrons. The molecule has 0 saturated carbocycles. The van der Waals surface area contributed by atoms with Crippen molar-refractivity contribution in [3.63, 3.8) is 0 Å². The molecule has 1 aromatic rings. The Labute approximate surface area is 187 Å². The summed E-state index contributed by atoms with van der Waals surface area (Å²) in [4.78, 5) is 42.4. The Kier molecular flexibility index (Phi) is 5.41. The van der Waals surface area contributed by atoms with E-state index in [1.54, 1.807) is 4.90 Å². The number of carbonyl (C=O) groups is 3. The van der Waals surface area contributed by atoms with Gasteiger partial charge in [-0.15, -0.1) is 0 Å². The van der Waals surface area contributed by atoms with Crippen LogP contribution in [-0.2, 0) is 27.3 Å². The monoisotopic (exact) mass is 439 g/mol. The summed E-state index contributed by atoms with van der Waals surface area (Å²) in [6.07, 6.45) is 4.27. The number of rotatable bonds is 5. The Balaban J connectivity index is 1.15. The predicted octanol–water partition coefficient (Wildman–Crippen LogP) is 2.24. The lowest BCUT2D eigenvalue weighted by molar-refractivity contribution is -0.135. The Morgan fingerprint density at radius 1 is 1.06 bits per heavy atom. The molecule has 1 atom stereocenters. The molecule has 2 saturated heterocycles. The molecule has 4 heterocycles. The van der Waals surface area contributed by atoms with Crippen molar-refractivity contribution in [2.24, 2.45) is 0 Å². The highest BCUT2D eigenvalue weighted by molar-refractivity contribution is 5.94. The van der Waals surface area contributed by atoms with E-state index in [2.05, 4.69) is 17.9 Å². The van der Waals surface area contributed by atoms with E-state index < -0.39 is 0 Å². The van der Waals surface area contributed by atoms with E-state index in [1.165, 1.54) is 17.2 Å². The lowest BCUT2D eigenvalue weighted by Crippen LogP contribution is -2.46. The molecule has 5 rings (SSSR count). The summed E-state index contributed by atoms with van der Waals surface area (Å²) < 4.78 is 10.2. The van der Waals surface area contributed by atoms with Gasteiger partial charge in [-0.1, -0.05) is 6.07 Å². The van der Waals surface area contributed by atoms with Gasteiger partial charge in [-0.2, -0.15) is 0 Å². The highest BCUT2D eigenvalue weighted by Gasteiger charge is 2.42. The number of piperidine rings is 1. The van der Waals surface area contributed by atoms with Crippen LogP contribution in [0.15, 0.2) is 23.9 Å². The van der Waals surface area contributed by atoms with Crippen LogP contribution in [0, 0.1) is 6.92 Å². The van der Waals surface area contributed by atoms with Crippen molar-refractivity contribution in [1.29, 1.82) is 0 Å². The van der Waals surface area contributed by atoms with Crippen LogP contribution in [0.1, 0.15) is 46.8 Å². The summed E-state index contributed by atoms with van der Waals surface area (Å²) in [6.45, 7) is 8.23. The number of hydrogen-bond acceptors (Lipinski definition) is 6. The van der Waals surface area contributed by atoms with Crippen LogP contribution in [-0.4, -0.2) is 77.5 Å². The Bertz CT molecular complexity index is 996. The van der Waals surface area contributed by atoms with Crippen LogP contribution >= 0.6 is 0 Å². The summed E-state index contributed by atoms with van der Waals surface area (Å²) in [5, 5.41) is 0. The fraction of sp³-hybridized carbons (Fsp3) is 0.542. The van der Waals surface area contributed by atoms with Gasteiger partial charge in [0, 0.05) is 43.9 Å². The van der Waals surface area contributed by atoms with E-state index in [-0.39, 0.29) is 36.7 Å². The lowest BCUT2D eigenvalue weighted by Gasteiger charge is -2.36. The molecule has 0 aliphatic carbocycles. The second-order valence-electron chi connectivity index (χ2n) is 9.17. The average Bonchev–Trinajstić information content (AvgIpc) is 3.45. The normalized spacial score (nSPS) is 24.1.